The maximum absolute atomic E-state index is 12.6. The van der Waals surface area contributed by atoms with E-state index in [4.69, 9.17) is 0 Å². The maximum Gasteiger partial charge on any atom is 0.208 e. The third-order valence-electron chi connectivity index (χ3n) is 1.97. The number of hydrogen-bond donors (Lipinski definition) is 1. The lowest BCUT2D eigenvalue weighted by Crippen LogP contribution is -1.94. The van der Waals surface area contributed by atoms with E-state index in [1.807, 2.05) is 0 Å². The Morgan fingerprint density at radius 2 is 2.00 bits per heavy atom. The van der Waals surface area contributed by atoms with Crippen LogP contribution < -0.4 is 0 Å². The molecule has 16 heavy (non-hydrogen) atoms. The van der Waals surface area contributed by atoms with Crippen LogP contribution in [-0.4, -0.2) is 21.1 Å². The molecule has 82 valence electrons. The van der Waals surface area contributed by atoms with Gasteiger partial charge in [-0.05, 0) is 24.6 Å². The Morgan fingerprint density at radius 3 is 2.56 bits per heavy atom. The van der Waals surface area contributed by atoms with Gasteiger partial charge in [0, 0.05) is 0 Å². The Hall–Kier alpha value is -1.69. The summed E-state index contributed by atoms with van der Waals surface area (Å²) in [7, 11) is 0. The first-order chi connectivity index (χ1) is 7.66. The predicted octanol–water partition coefficient (Wildman–Crippen LogP) is 1.90. The van der Waals surface area contributed by atoms with Gasteiger partial charge in [-0.3, -0.25) is 0 Å². The summed E-state index contributed by atoms with van der Waals surface area (Å²) >= 11 is 4.10. The summed E-state index contributed by atoms with van der Waals surface area (Å²) in [4.78, 5) is 0. The lowest BCUT2D eigenvalue weighted by atomic mass is 10.2. The van der Waals surface area contributed by atoms with Crippen LogP contribution in [0.5, 0.6) is 0 Å². The molecule has 0 fully saturated rings. The number of halogens is 1. The van der Waals surface area contributed by atoms with Crippen molar-refractivity contribution in [2.45, 2.75) is 12.1 Å². The average molecular weight is 236 g/mol. The summed E-state index contributed by atoms with van der Waals surface area (Å²) in [6.07, 6.45) is 1.59. The zero-order valence-electron chi connectivity index (χ0n) is 8.50. The van der Waals surface area contributed by atoms with Crippen LogP contribution in [0.3, 0.4) is 0 Å². The van der Waals surface area contributed by atoms with Gasteiger partial charge in [-0.2, -0.15) is 9.78 Å². The number of rotatable bonds is 2. The van der Waals surface area contributed by atoms with Crippen molar-refractivity contribution in [3.05, 3.63) is 41.5 Å². The fraction of sp³-hybridized carbons (Fsp3) is 0.100. The van der Waals surface area contributed by atoms with Crippen molar-refractivity contribution in [3.8, 4) is 0 Å². The van der Waals surface area contributed by atoms with Crippen LogP contribution in [0.1, 0.15) is 11.4 Å². The lowest BCUT2D eigenvalue weighted by Gasteiger charge is -1.96. The molecule has 0 saturated carbocycles. The molecule has 6 heteroatoms. The molecule has 2 aromatic rings. The van der Waals surface area contributed by atoms with Gasteiger partial charge < -0.3 is 0 Å². The Morgan fingerprint density at radius 1 is 1.31 bits per heavy atom. The summed E-state index contributed by atoms with van der Waals surface area (Å²) in [6.45, 7) is 1.77. The molecule has 4 nitrogen and oxygen atoms in total. The lowest BCUT2D eigenvalue weighted by molar-refractivity contribution is 0.628. The third-order valence-corrected chi connectivity index (χ3v) is 2.25. The number of aryl methyl sites for hydroxylation is 1. The predicted molar refractivity (Wildman–Crippen MR) is 61.4 cm³/mol. The van der Waals surface area contributed by atoms with Crippen LogP contribution in [0.4, 0.5) is 4.39 Å². The summed E-state index contributed by atoms with van der Waals surface area (Å²) < 4.78 is 14.1. The van der Waals surface area contributed by atoms with E-state index >= 15 is 0 Å². The van der Waals surface area contributed by atoms with Crippen LogP contribution >= 0.6 is 12.6 Å². The minimum absolute atomic E-state index is 0.271. The van der Waals surface area contributed by atoms with E-state index in [0.29, 0.717) is 11.0 Å². The normalized spacial score (nSPS) is 11.2. The first-order valence-corrected chi connectivity index (χ1v) is 5.02. The van der Waals surface area contributed by atoms with Crippen LogP contribution in [-0.2, 0) is 0 Å². The van der Waals surface area contributed by atoms with Gasteiger partial charge in [0.15, 0.2) is 5.82 Å². The Bertz CT molecular complexity index is 499. The van der Waals surface area contributed by atoms with E-state index in [1.54, 1.807) is 25.3 Å². The molecule has 0 aliphatic heterocycles. The number of nitrogens with zero attached hydrogens (tertiary/aromatic N) is 4. The fourth-order valence-electron chi connectivity index (χ4n) is 1.15. The van der Waals surface area contributed by atoms with Crippen molar-refractivity contribution in [2.75, 3.05) is 0 Å². The molecule has 0 amide bonds. The highest BCUT2D eigenvalue weighted by molar-refractivity contribution is 7.80. The number of thiol groups is 1. The topological polar surface area (TPSA) is 43.1 Å². The van der Waals surface area contributed by atoms with E-state index < -0.39 is 0 Å². The number of aromatic nitrogens is 3. The van der Waals surface area contributed by atoms with Crippen molar-refractivity contribution >= 4 is 18.8 Å². The third kappa shape index (κ3) is 2.27. The SMILES string of the molecule is Cc1nnc(S)n1N=Cc1ccc(F)cc1. The second-order valence-electron chi connectivity index (χ2n) is 3.16. The molecule has 0 spiro atoms. The molecule has 0 radical (unpaired) electrons. The van der Waals surface area contributed by atoms with Gasteiger partial charge in [-0.15, -0.1) is 22.8 Å². The fourth-order valence-corrected chi connectivity index (χ4v) is 1.40. The largest absolute Gasteiger partial charge is 0.208 e. The van der Waals surface area contributed by atoms with Crippen molar-refractivity contribution in [1.82, 2.24) is 14.9 Å². The summed E-state index contributed by atoms with van der Waals surface area (Å²) in [5.41, 5.74) is 0.794. The van der Waals surface area contributed by atoms with Gasteiger partial charge in [0.2, 0.25) is 5.16 Å². The zero-order valence-corrected chi connectivity index (χ0v) is 9.40. The standard InChI is InChI=1S/C10H9FN4S/c1-7-13-14-10(16)15(7)12-6-8-2-4-9(11)5-3-8/h2-6H,1H3,(H,14,16). The van der Waals surface area contributed by atoms with Gasteiger partial charge in [-0.25, -0.2) is 4.39 Å². The highest BCUT2D eigenvalue weighted by atomic mass is 32.1. The smallest absolute Gasteiger partial charge is 0.207 e. The van der Waals surface area contributed by atoms with Gasteiger partial charge in [0.05, 0.1) is 6.21 Å². The van der Waals surface area contributed by atoms with Crippen molar-refractivity contribution in [2.24, 2.45) is 5.10 Å². The average Bonchev–Trinajstić information content (AvgIpc) is 2.59. The number of benzene rings is 1. The Balaban J connectivity index is 2.24. The molecule has 0 saturated heterocycles. The molecule has 0 N–H and O–H groups in total. The molecule has 1 aromatic heterocycles. The Kier molecular flexibility index (Phi) is 3.00. The maximum atomic E-state index is 12.6. The van der Waals surface area contributed by atoms with Crippen LogP contribution in [0.2, 0.25) is 0 Å². The van der Waals surface area contributed by atoms with Gasteiger partial charge in [-0.1, -0.05) is 12.1 Å². The summed E-state index contributed by atoms with van der Waals surface area (Å²) in [6, 6.07) is 6.03. The van der Waals surface area contributed by atoms with Crippen molar-refractivity contribution < 1.29 is 4.39 Å². The van der Waals surface area contributed by atoms with E-state index in [0.717, 1.165) is 5.56 Å². The van der Waals surface area contributed by atoms with Crippen molar-refractivity contribution in [1.29, 1.82) is 0 Å². The van der Waals surface area contributed by atoms with Gasteiger partial charge in [0.25, 0.3) is 0 Å². The summed E-state index contributed by atoms with van der Waals surface area (Å²) in [5, 5.41) is 12.1. The second kappa shape index (κ2) is 4.44. The van der Waals surface area contributed by atoms with Crippen molar-refractivity contribution in [3.63, 3.8) is 0 Å². The highest BCUT2D eigenvalue weighted by Crippen LogP contribution is 2.05. The first-order valence-electron chi connectivity index (χ1n) is 4.58. The first kappa shape index (κ1) is 10.8. The second-order valence-corrected chi connectivity index (χ2v) is 3.56. The molecular formula is C10H9FN4S. The molecule has 2 rings (SSSR count). The summed E-state index contributed by atoms with van der Waals surface area (Å²) in [5.74, 6) is 0.371. The Labute approximate surface area is 97.2 Å². The van der Waals surface area contributed by atoms with Gasteiger partial charge >= 0.3 is 0 Å². The quantitative estimate of drug-likeness (QED) is 0.639. The minimum Gasteiger partial charge on any atom is -0.207 e. The highest BCUT2D eigenvalue weighted by Gasteiger charge is 2.01. The molecule has 1 heterocycles. The molecule has 1 aromatic carbocycles. The van der Waals surface area contributed by atoms with Crippen LogP contribution in [0, 0.1) is 12.7 Å². The molecule has 0 unspecified atom stereocenters. The monoisotopic (exact) mass is 236 g/mol. The van der Waals surface area contributed by atoms with E-state index in [1.165, 1.54) is 16.8 Å². The number of hydrogen-bond acceptors (Lipinski definition) is 4. The minimum atomic E-state index is -0.271. The molecule has 0 atom stereocenters. The van der Waals surface area contributed by atoms with E-state index in [2.05, 4.69) is 27.9 Å². The zero-order chi connectivity index (χ0) is 11.5. The van der Waals surface area contributed by atoms with Crippen LogP contribution in [0.15, 0.2) is 34.5 Å². The van der Waals surface area contributed by atoms with Gasteiger partial charge in [0.1, 0.15) is 5.82 Å². The molecule has 0 bridgehead atoms. The molecule has 0 aliphatic carbocycles. The van der Waals surface area contributed by atoms with E-state index in [9.17, 15) is 4.39 Å². The van der Waals surface area contributed by atoms with Crippen LogP contribution in [0.25, 0.3) is 0 Å². The van der Waals surface area contributed by atoms with E-state index in [-0.39, 0.29) is 5.82 Å². The molecular weight excluding hydrogens is 227 g/mol. The molecule has 0 aliphatic rings.